The van der Waals surface area contributed by atoms with Gasteiger partial charge in [0.1, 0.15) is 42.9 Å². The van der Waals surface area contributed by atoms with Crippen molar-refractivity contribution in [2.45, 2.75) is 103 Å². The third-order valence-electron chi connectivity index (χ3n) is 11.9. The number of carboxylic acid groups (broad SMARTS) is 1. The van der Waals surface area contributed by atoms with Crippen LogP contribution in [0.25, 0.3) is 0 Å². The maximum atomic E-state index is 12.6. The summed E-state index contributed by atoms with van der Waals surface area (Å²) in [4.78, 5) is 134. The van der Waals surface area contributed by atoms with E-state index in [1.54, 1.807) is 23.6 Å². The summed E-state index contributed by atoms with van der Waals surface area (Å²) in [5.74, 6) is -3.69. The number of carbonyl (C=O) groups is 11. The molecule has 0 saturated carbocycles. The molecule has 25 heteroatoms. The number of β-lactam (4-membered cyclic amide) rings is 3. The summed E-state index contributed by atoms with van der Waals surface area (Å²) in [6, 6.07) is 9.41. The van der Waals surface area contributed by atoms with Gasteiger partial charge in [-0.2, -0.15) is 0 Å². The van der Waals surface area contributed by atoms with Gasteiger partial charge in [0, 0.05) is 67.8 Å². The molecule has 6 aliphatic heterocycles. The summed E-state index contributed by atoms with van der Waals surface area (Å²) in [5, 5.41) is 8.60. The Morgan fingerprint density at radius 3 is 1.26 bits per heavy atom. The number of carbonyl (C=O) groups excluding carboxylic acids is 10. The van der Waals surface area contributed by atoms with Crippen molar-refractivity contribution in [2.24, 2.45) is 0 Å². The van der Waals surface area contributed by atoms with E-state index in [-0.39, 0.29) is 115 Å². The Kier molecular flexibility index (Phi) is 26.3. The van der Waals surface area contributed by atoms with Crippen molar-refractivity contribution >= 4 is 65.5 Å². The number of amides is 6. The molecule has 6 heterocycles. The van der Waals surface area contributed by atoms with Gasteiger partial charge in [0.25, 0.3) is 17.7 Å². The SMILES string of the molecule is CC(=O)N1CCCC12CN(CC(=O)O)C2=O.CC(=O)OC(C)=O.CCOC(=O)CN1CC2(CCCN2C(=O)OCc2ccccc2)C1=O.CCOC(=O)CN1CC2(CCCN2C(C)=O)C1=O.[CH3-].[Li+].[OH-].[Pd]. The van der Waals surface area contributed by atoms with Gasteiger partial charge in [-0.05, 0) is 57.9 Å². The van der Waals surface area contributed by atoms with Crippen LogP contribution in [0.1, 0.15) is 85.6 Å². The standard InChI is InChI=1S/C18H22N2O5.C12H18N2O4.C10H14N2O4.C4H6O3.CH3.Li.H2O.Pd/c1-2-24-15(21)11-19-13-18(16(19)22)9-6-10-20(18)17(23)25-12-14-7-4-3-5-8-14;1-3-18-10(16)7-13-8-12(11(13)17)5-4-6-14(12)9(2)15;1-7(13)12-4-2-3-10(12)6-11(9(10)16)5-8(14)15;1-3(5)7-4(2)6;;;;/h3-5,7-8H,2,6,9-13H2,1H3;3-8H2,1-2H3;2-6H2,1H3,(H,14,15);1-2H3;1H3;;1H2;/q;;;;-1;+1;;/p-1. The number of esters is 4. The molecule has 0 aliphatic carbocycles. The molecular formula is C45H64LiN6O17Pd-. The molecule has 6 fully saturated rings. The Hall–Kier alpha value is -5.39. The first kappa shape index (κ1) is 64.6. The summed E-state index contributed by atoms with van der Waals surface area (Å²) in [7, 11) is 0. The number of likely N-dealkylation sites (tertiary alicyclic amines) is 6. The Labute approximate surface area is 433 Å². The normalized spacial score (nSPS) is 21.9. The van der Waals surface area contributed by atoms with Gasteiger partial charge < -0.3 is 61.5 Å². The molecule has 70 heavy (non-hydrogen) atoms. The minimum atomic E-state index is -1.02. The van der Waals surface area contributed by atoms with E-state index in [9.17, 15) is 52.7 Å². The van der Waals surface area contributed by atoms with Crippen LogP contribution >= 0.6 is 0 Å². The third-order valence-corrected chi connectivity index (χ3v) is 11.9. The van der Waals surface area contributed by atoms with Gasteiger partial charge in [-0.25, -0.2) is 4.79 Å². The molecule has 1 aromatic carbocycles. The molecule has 6 aliphatic rings. The third kappa shape index (κ3) is 15.1. The molecule has 2 N–H and O–H groups in total. The van der Waals surface area contributed by atoms with E-state index in [0.29, 0.717) is 65.1 Å². The average molecular weight is 1070 g/mol. The molecule has 23 nitrogen and oxygen atoms in total. The molecular weight excluding hydrogens is 1010 g/mol. The zero-order valence-corrected chi connectivity index (χ0v) is 42.7. The summed E-state index contributed by atoms with van der Waals surface area (Å²) in [6.07, 6.45) is 3.88. The van der Waals surface area contributed by atoms with E-state index in [1.165, 1.54) is 47.3 Å². The monoisotopic (exact) mass is 1070 g/mol. The number of rotatable bonds is 10. The fourth-order valence-corrected chi connectivity index (χ4v) is 9.23. The summed E-state index contributed by atoms with van der Waals surface area (Å²) >= 11 is 0. The van der Waals surface area contributed by atoms with Gasteiger partial charge in [0.2, 0.25) is 11.8 Å². The van der Waals surface area contributed by atoms with Crippen LogP contribution in [-0.4, -0.2) is 194 Å². The van der Waals surface area contributed by atoms with E-state index >= 15 is 0 Å². The Balaban J connectivity index is 0.000000949. The van der Waals surface area contributed by atoms with Crippen LogP contribution in [-0.2, 0) is 93.9 Å². The topological polar surface area (TPSA) is 294 Å². The van der Waals surface area contributed by atoms with Crippen LogP contribution in [0.4, 0.5) is 4.79 Å². The van der Waals surface area contributed by atoms with E-state index in [2.05, 4.69) is 4.74 Å². The second kappa shape index (κ2) is 28.5. The molecule has 1 aromatic rings. The average Bonchev–Trinajstić information content (AvgIpc) is 4.03. The largest absolute Gasteiger partial charge is 1.00 e. The number of hydrogen-bond donors (Lipinski definition) is 1. The predicted molar refractivity (Wildman–Crippen MR) is 235 cm³/mol. The molecule has 0 bridgehead atoms. The molecule has 388 valence electrons. The van der Waals surface area contributed by atoms with Crippen LogP contribution in [0, 0.1) is 7.43 Å². The van der Waals surface area contributed by atoms with Crippen molar-refractivity contribution in [2.75, 3.05) is 72.1 Å². The number of hydrogen-bond acceptors (Lipinski definition) is 16. The number of benzene rings is 1. The van der Waals surface area contributed by atoms with Gasteiger partial charge >= 0.3 is 54.8 Å². The fourth-order valence-electron chi connectivity index (χ4n) is 9.23. The van der Waals surface area contributed by atoms with E-state index < -0.39 is 52.6 Å². The van der Waals surface area contributed by atoms with Crippen LogP contribution in [0.3, 0.4) is 0 Å². The van der Waals surface area contributed by atoms with Crippen molar-refractivity contribution in [3.63, 3.8) is 0 Å². The Morgan fingerprint density at radius 1 is 0.586 bits per heavy atom. The van der Waals surface area contributed by atoms with Crippen LogP contribution in [0.2, 0.25) is 0 Å². The van der Waals surface area contributed by atoms with Crippen LogP contribution in [0.15, 0.2) is 30.3 Å². The first-order valence-electron chi connectivity index (χ1n) is 21.8. The molecule has 6 saturated heterocycles. The van der Waals surface area contributed by atoms with Crippen molar-refractivity contribution in [1.82, 2.24) is 29.4 Å². The van der Waals surface area contributed by atoms with Crippen molar-refractivity contribution in [1.29, 1.82) is 0 Å². The molecule has 3 spiro atoms. The van der Waals surface area contributed by atoms with Crippen molar-refractivity contribution in [3.05, 3.63) is 43.3 Å². The first-order valence-corrected chi connectivity index (χ1v) is 21.8. The number of carboxylic acids is 1. The van der Waals surface area contributed by atoms with E-state index in [4.69, 9.17) is 19.3 Å². The summed E-state index contributed by atoms with van der Waals surface area (Å²) < 4.78 is 19.0. The van der Waals surface area contributed by atoms with Crippen LogP contribution < -0.4 is 18.9 Å². The maximum absolute atomic E-state index is 12.6. The fraction of sp³-hybridized carbons (Fsp3) is 0.600. The summed E-state index contributed by atoms with van der Waals surface area (Å²) in [6.45, 7) is 12.0. The minimum Gasteiger partial charge on any atom is -0.870 e. The molecule has 3 atom stereocenters. The smallest absolute Gasteiger partial charge is 0.870 e. The van der Waals surface area contributed by atoms with Gasteiger partial charge in [-0.1, -0.05) is 30.3 Å². The zero-order chi connectivity index (χ0) is 49.0. The zero-order valence-electron chi connectivity index (χ0n) is 41.1. The van der Waals surface area contributed by atoms with Gasteiger partial charge in [0.15, 0.2) is 0 Å². The minimum absolute atomic E-state index is 0. The van der Waals surface area contributed by atoms with Gasteiger partial charge in [-0.15, -0.1) is 0 Å². The van der Waals surface area contributed by atoms with Crippen LogP contribution in [0.5, 0.6) is 0 Å². The van der Waals surface area contributed by atoms with Crippen molar-refractivity contribution < 1.29 is 122 Å². The second-order valence-electron chi connectivity index (χ2n) is 16.5. The maximum Gasteiger partial charge on any atom is 1.00 e. The Bertz CT molecular complexity index is 2060. The van der Waals surface area contributed by atoms with E-state index in [0.717, 1.165) is 24.8 Å². The number of nitrogens with zero attached hydrogens (tertiary/aromatic N) is 6. The number of aliphatic carboxylic acids is 1. The molecule has 3 unspecified atom stereocenters. The van der Waals surface area contributed by atoms with E-state index in [1.807, 2.05) is 30.3 Å². The van der Waals surface area contributed by atoms with Gasteiger partial charge in [-0.3, -0.25) is 52.8 Å². The first-order chi connectivity index (χ1) is 31.2. The molecule has 7 rings (SSSR count). The number of ether oxygens (including phenoxy) is 4. The summed E-state index contributed by atoms with van der Waals surface area (Å²) in [5.41, 5.74) is -1.34. The molecule has 6 amide bonds. The predicted octanol–water partition coefficient (Wildman–Crippen LogP) is -2.00. The Morgan fingerprint density at radius 2 is 0.943 bits per heavy atom. The van der Waals surface area contributed by atoms with Crippen molar-refractivity contribution in [3.8, 4) is 0 Å². The molecule has 0 aromatic heterocycles. The van der Waals surface area contributed by atoms with Gasteiger partial charge in [0.05, 0.1) is 32.8 Å². The quantitative estimate of drug-likeness (QED) is 0.0662. The molecule has 0 radical (unpaired) electrons. The second-order valence-corrected chi connectivity index (χ2v) is 16.5.